The smallest absolute Gasteiger partial charge is 0.264 e. The molecule has 1 aromatic heterocycles. The summed E-state index contributed by atoms with van der Waals surface area (Å²) in [6, 6.07) is 9.15. The van der Waals surface area contributed by atoms with Crippen LogP contribution in [0.2, 0.25) is 5.02 Å². The Kier molecular flexibility index (Phi) is 7.17. The molecule has 0 atom stereocenters. The van der Waals surface area contributed by atoms with E-state index >= 15 is 0 Å². The summed E-state index contributed by atoms with van der Waals surface area (Å²) in [6.07, 6.45) is 3.03. The highest BCUT2D eigenvalue weighted by molar-refractivity contribution is 7.18. The quantitative estimate of drug-likeness (QED) is 0.712. The molecule has 1 N–H and O–H groups in total. The molecule has 5 nitrogen and oxygen atoms in total. The summed E-state index contributed by atoms with van der Waals surface area (Å²) in [7, 11) is 0. The van der Waals surface area contributed by atoms with E-state index < -0.39 is 0 Å². The van der Waals surface area contributed by atoms with Crippen molar-refractivity contribution in [1.82, 2.24) is 4.90 Å². The molecule has 2 amide bonds. The van der Waals surface area contributed by atoms with Crippen LogP contribution < -0.4 is 5.32 Å². The zero-order valence-corrected chi connectivity index (χ0v) is 16.9. The number of hydrogen-bond acceptors (Lipinski definition) is 4. The van der Waals surface area contributed by atoms with Gasteiger partial charge in [0.15, 0.2) is 0 Å². The van der Waals surface area contributed by atoms with Gasteiger partial charge < -0.3 is 10.2 Å². The number of nitriles is 1. The summed E-state index contributed by atoms with van der Waals surface area (Å²) in [5, 5.41) is 13.2. The molecular formula is C20H20ClN3O2S. The second-order valence-electron chi connectivity index (χ2n) is 5.72. The summed E-state index contributed by atoms with van der Waals surface area (Å²) >= 11 is 6.97. The monoisotopic (exact) mass is 401 g/mol. The molecular weight excluding hydrogens is 382 g/mol. The van der Waals surface area contributed by atoms with E-state index in [1.807, 2.05) is 13.8 Å². The van der Waals surface area contributed by atoms with Gasteiger partial charge in [0.1, 0.15) is 11.1 Å². The molecule has 27 heavy (non-hydrogen) atoms. The number of thiophene rings is 1. The fourth-order valence-electron chi connectivity index (χ4n) is 2.49. The van der Waals surface area contributed by atoms with Crippen molar-refractivity contribution < 1.29 is 9.59 Å². The molecule has 2 rings (SSSR count). The lowest BCUT2D eigenvalue weighted by atomic mass is 10.1. The Hall–Kier alpha value is -2.62. The van der Waals surface area contributed by atoms with E-state index in [4.69, 9.17) is 11.6 Å². The number of amides is 2. The highest BCUT2D eigenvalue weighted by Gasteiger charge is 2.23. The van der Waals surface area contributed by atoms with Gasteiger partial charge in [-0.15, -0.1) is 11.3 Å². The molecule has 0 saturated carbocycles. The Labute approximate surface area is 167 Å². The Balaban J connectivity index is 2.21. The Bertz CT molecular complexity index is 907. The molecule has 7 heteroatoms. The number of hydrogen-bond donors (Lipinski definition) is 1. The topological polar surface area (TPSA) is 73.2 Å². The predicted octanol–water partition coefficient (Wildman–Crippen LogP) is 4.72. The minimum atomic E-state index is -0.371. The zero-order valence-electron chi connectivity index (χ0n) is 15.4. The first-order chi connectivity index (χ1) is 12.9. The number of rotatable bonds is 6. The van der Waals surface area contributed by atoms with Gasteiger partial charge in [-0.1, -0.05) is 23.7 Å². The lowest BCUT2D eigenvalue weighted by Gasteiger charge is -2.17. The fraction of sp³-hybridized carbons (Fsp3) is 0.250. The Morgan fingerprint density at radius 1 is 1.26 bits per heavy atom. The van der Waals surface area contributed by atoms with Gasteiger partial charge in [-0.2, -0.15) is 5.26 Å². The summed E-state index contributed by atoms with van der Waals surface area (Å²) in [5.74, 6) is -0.499. The van der Waals surface area contributed by atoms with Crippen molar-refractivity contribution in [2.24, 2.45) is 0 Å². The molecule has 0 saturated heterocycles. The van der Waals surface area contributed by atoms with Crippen LogP contribution in [0.4, 0.5) is 5.00 Å². The van der Waals surface area contributed by atoms with Crippen molar-refractivity contribution in [3.63, 3.8) is 0 Å². The predicted molar refractivity (Wildman–Crippen MR) is 110 cm³/mol. The van der Waals surface area contributed by atoms with Crippen molar-refractivity contribution in [1.29, 1.82) is 5.26 Å². The van der Waals surface area contributed by atoms with Gasteiger partial charge in [0.25, 0.3) is 5.91 Å². The summed E-state index contributed by atoms with van der Waals surface area (Å²) < 4.78 is 0. The largest absolute Gasteiger partial charge is 0.338 e. The van der Waals surface area contributed by atoms with Crippen LogP contribution in [0.5, 0.6) is 0 Å². The summed E-state index contributed by atoms with van der Waals surface area (Å²) in [5.41, 5.74) is 1.75. The Morgan fingerprint density at radius 3 is 2.44 bits per heavy atom. The second-order valence-corrected chi connectivity index (χ2v) is 7.18. The third-order valence-corrected chi connectivity index (χ3v) is 5.48. The number of nitrogens with one attached hydrogen (secondary N) is 1. The van der Waals surface area contributed by atoms with Crippen molar-refractivity contribution >= 4 is 45.8 Å². The molecule has 0 aliphatic carbocycles. The van der Waals surface area contributed by atoms with Crippen LogP contribution in [0.1, 0.15) is 40.2 Å². The minimum absolute atomic E-state index is 0.129. The first-order valence-corrected chi connectivity index (χ1v) is 9.68. The van der Waals surface area contributed by atoms with Crippen molar-refractivity contribution in [2.75, 3.05) is 18.4 Å². The number of nitrogens with zero attached hydrogens (tertiary/aromatic N) is 2. The molecule has 0 aliphatic rings. The van der Waals surface area contributed by atoms with Gasteiger partial charge >= 0.3 is 0 Å². The van der Waals surface area contributed by atoms with E-state index in [1.54, 1.807) is 42.2 Å². The van der Waals surface area contributed by atoms with E-state index in [2.05, 4.69) is 11.4 Å². The van der Waals surface area contributed by atoms with Crippen LogP contribution in [-0.2, 0) is 4.79 Å². The van der Waals surface area contributed by atoms with E-state index in [9.17, 15) is 14.9 Å². The maximum atomic E-state index is 12.6. The molecule has 0 bridgehead atoms. The van der Waals surface area contributed by atoms with Crippen LogP contribution in [0.25, 0.3) is 6.08 Å². The van der Waals surface area contributed by atoms with Gasteiger partial charge in [-0.25, -0.2) is 0 Å². The molecule has 1 heterocycles. The van der Waals surface area contributed by atoms with Gasteiger partial charge in [-0.05, 0) is 50.1 Å². The van der Waals surface area contributed by atoms with Crippen LogP contribution in [0.15, 0.2) is 30.3 Å². The highest BCUT2D eigenvalue weighted by atomic mass is 35.5. The molecule has 0 fully saturated rings. The van der Waals surface area contributed by atoms with E-state index in [-0.39, 0.29) is 11.8 Å². The molecule has 140 valence electrons. The Morgan fingerprint density at radius 2 is 1.89 bits per heavy atom. The van der Waals surface area contributed by atoms with Crippen molar-refractivity contribution in [3.05, 3.63) is 56.9 Å². The molecule has 0 radical (unpaired) electrons. The van der Waals surface area contributed by atoms with Crippen LogP contribution in [-0.4, -0.2) is 29.8 Å². The number of anilines is 1. The lowest BCUT2D eigenvalue weighted by molar-refractivity contribution is -0.111. The SMILES string of the molecule is CCN(CC)C(=O)c1sc(NC(=O)/C=C/c2ccc(Cl)cc2)c(C#N)c1C. The third-order valence-electron chi connectivity index (χ3n) is 4.04. The highest BCUT2D eigenvalue weighted by Crippen LogP contribution is 2.33. The van der Waals surface area contributed by atoms with Crippen LogP contribution >= 0.6 is 22.9 Å². The van der Waals surface area contributed by atoms with E-state index in [0.29, 0.717) is 39.1 Å². The number of halogens is 1. The number of carbonyl (C=O) groups is 2. The van der Waals surface area contributed by atoms with Crippen molar-refractivity contribution in [2.45, 2.75) is 20.8 Å². The average Bonchev–Trinajstić information content (AvgIpc) is 2.97. The van der Waals surface area contributed by atoms with Gasteiger partial charge in [0, 0.05) is 24.2 Å². The molecule has 0 unspecified atom stereocenters. The lowest BCUT2D eigenvalue weighted by Crippen LogP contribution is -2.30. The summed E-state index contributed by atoms with van der Waals surface area (Å²) in [6.45, 7) is 6.70. The molecule has 2 aromatic rings. The van der Waals surface area contributed by atoms with E-state index in [1.165, 1.54) is 6.08 Å². The maximum absolute atomic E-state index is 12.6. The van der Waals surface area contributed by atoms with Crippen molar-refractivity contribution in [3.8, 4) is 6.07 Å². The summed E-state index contributed by atoms with van der Waals surface area (Å²) in [4.78, 5) is 27.0. The van der Waals surface area contributed by atoms with Gasteiger partial charge in [0.05, 0.1) is 10.4 Å². The first kappa shape index (κ1) is 20.7. The fourth-order valence-corrected chi connectivity index (χ4v) is 3.75. The number of carbonyl (C=O) groups excluding carboxylic acids is 2. The maximum Gasteiger partial charge on any atom is 0.264 e. The molecule has 1 aromatic carbocycles. The number of benzene rings is 1. The minimum Gasteiger partial charge on any atom is -0.338 e. The van der Waals surface area contributed by atoms with Gasteiger partial charge in [-0.3, -0.25) is 9.59 Å². The molecule has 0 spiro atoms. The van der Waals surface area contributed by atoms with Crippen LogP contribution in [0.3, 0.4) is 0 Å². The second kappa shape index (κ2) is 9.36. The zero-order chi connectivity index (χ0) is 20.0. The van der Waals surface area contributed by atoms with Gasteiger partial charge in [0.2, 0.25) is 5.91 Å². The standard InChI is InChI=1S/C20H20ClN3O2S/c1-4-24(5-2)20(26)18-13(3)16(12-22)19(27-18)23-17(25)11-8-14-6-9-15(21)10-7-14/h6-11H,4-5H2,1-3H3,(H,23,25)/b11-8+. The third kappa shape index (κ3) is 4.97. The molecule has 0 aliphatic heterocycles. The first-order valence-electron chi connectivity index (χ1n) is 8.48. The van der Waals surface area contributed by atoms with Crippen LogP contribution in [0, 0.1) is 18.3 Å². The normalized spacial score (nSPS) is 10.6. The average molecular weight is 402 g/mol. The van der Waals surface area contributed by atoms with E-state index in [0.717, 1.165) is 16.9 Å².